The largest absolute Gasteiger partial charge is 0.207 e. The summed E-state index contributed by atoms with van der Waals surface area (Å²) in [5.41, 5.74) is 1.63. The van der Waals surface area contributed by atoms with Crippen molar-refractivity contribution in [1.29, 1.82) is 0 Å². The molecular weight excluding hydrogens is 266 g/mol. The Kier molecular flexibility index (Phi) is 3.53. The van der Waals surface area contributed by atoms with Gasteiger partial charge in [0.1, 0.15) is 5.82 Å². The predicted octanol–water partition coefficient (Wildman–Crippen LogP) is 5.18. The molecule has 2 rings (SSSR count). The molecule has 1 aromatic carbocycles. The molecule has 4 heteroatoms. The van der Waals surface area contributed by atoms with E-state index in [0.717, 1.165) is 16.0 Å². The molecule has 1 unspecified atom stereocenters. The van der Waals surface area contributed by atoms with Crippen LogP contribution < -0.4 is 0 Å². The molecule has 0 N–H and O–H groups in total. The van der Waals surface area contributed by atoms with Gasteiger partial charge in [0, 0.05) is 4.88 Å². The summed E-state index contributed by atoms with van der Waals surface area (Å²) in [5.74, 6) is -0.261. The maximum absolute atomic E-state index is 13.2. The van der Waals surface area contributed by atoms with Crippen molar-refractivity contribution < 1.29 is 4.39 Å². The lowest BCUT2D eigenvalue weighted by Crippen LogP contribution is -1.92. The van der Waals surface area contributed by atoms with Crippen molar-refractivity contribution in [3.8, 4) is 0 Å². The van der Waals surface area contributed by atoms with Crippen molar-refractivity contribution in [1.82, 2.24) is 0 Å². The molecule has 0 nitrogen and oxygen atoms in total. The molecule has 0 saturated heterocycles. The van der Waals surface area contributed by atoms with E-state index in [1.165, 1.54) is 23.5 Å². The van der Waals surface area contributed by atoms with Crippen LogP contribution in [0.2, 0.25) is 4.34 Å². The zero-order valence-corrected chi connectivity index (χ0v) is 10.8. The van der Waals surface area contributed by atoms with Gasteiger partial charge in [0.25, 0.3) is 0 Å². The highest BCUT2D eigenvalue weighted by atomic mass is 35.5. The Morgan fingerprint density at radius 3 is 2.56 bits per heavy atom. The zero-order valence-electron chi connectivity index (χ0n) is 8.51. The fraction of sp³-hybridized carbons (Fsp3) is 0.167. The second-order valence-corrected chi connectivity index (χ2v) is 5.75. The minimum Gasteiger partial charge on any atom is -0.207 e. The number of benzene rings is 1. The van der Waals surface area contributed by atoms with Crippen molar-refractivity contribution >= 4 is 34.5 Å². The lowest BCUT2D eigenvalue weighted by atomic mass is 10.1. The molecule has 0 aliphatic heterocycles. The van der Waals surface area contributed by atoms with Crippen molar-refractivity contribution in [2.75, 3.05) is 0 Å². The third kappa shape index (κ3) is 2.57. The van der Waals surface area contributed by atoms with Gasteiger partial charge < -0.3 is 0 Å². The molecule has 0 fully saturated rings. The number of alkyl halides is 1. The smallest absolute Gasteiger partial charge is 0.123 e. The van der Waals surface area contributed by atoms with Crippen molar-refractivity contribution in [3.05, 3.63) is 56.5 Å². The molecule has 0 spiro atoms. The molecular formula is C12H9Cl2FS. The highest BCUT2D eigenvalue weighted by Crippen LogP contribution is 2.35. The molecule has 2 aromatic rings. The van der Waals surface area contributed by atoms with Gasteiger partial charge in [0.15, 0.2) is 0 Å². The van der Waals surface area contributed by atoms with Crippen molar-refractivity contribution in [3.63, 3.8) is 0 Å². The minimum absolute atomic E-state index is 0.261. The van der Waals surface area contributed by atoms with Gasteiger partial charge in [-0.1, -0.05) is 17.7 Å². The summed E-state index contributed by atoms with van der Waals surface area (Å²) in [6, 6.07) is 8.48. The van der Waals surface area contributed by atoms with E-state index in [4.69, 9.17) is 23.2 Å². The summed E-state index contributed by atoms with van der Waals surface area (Å²) < 4.78 is 13.9. The molecule has 0 bridgehead atoms. The topological polar surface area (TPSA) is 0 Å². The second-order valence-electron chi connectivity index (χ2n) is 3.57. The van der Waals surface area contributed by atoms with E-state index in [2.05, 4.69) is 0 Å². The number of rotatable bonds is 2. The maximum atomic E-state index is 13.2. The van der Waals surface area contributed by atoms with Gasteiger partial charge in [-0.2, -0.15) is 0 Å². The number of hydrogen-bond donors (Lipinski definition) is 0. The first kappa shape index (κ1) is 11.9. The van der Waals surface area contributed by atoms with E-state index in [-0.39, 0.29) is 11.2 Å². The molecule has 0 amide bonds. The average Bonchev–Trinajstić information content (AvgIpc) is 2.62. The predicted molar refractivity (Wildman–Crippen MR) is 68.2 cm³/mol. The van der Waals surface area contributed by atoms with E-state index in [1.54, 1.807) is 6.07 Å². The number of hydrogen-bond acceptors (Lipinski definition) is 1. The normalized spacial score (nSPS) is 12.8. The van der Waals surface area contributed by atoms with Crippen LogP contribution in [-0.4, -0.2) is 0 Å². The van der Waals surface area contributed by atoms with Crippen LogP contribution >= 0.6 is 34.5 Å². The molecule has 1 atom stereocenters. The summed E-state index contributed by atoms with van der Waals surface area (Å²) >= 11 is 13.5. The van der Waals surface area contributed by atoms with Gasteiger partial charge in [0.05, 0.1) is 9.71 Å². The van der Waals surface area contributed by atoms with E-state index in [0.29, 0.717) is 4.34 Å². The Balaban J connectivity index is 2.37. The first-order valence-corrected chi connectivity index (χ1v) is 6.36. The Hall–Kier alpha value is -0.570. The van der Waals surface area contributed by atoms with E-state index in [9.17, 15) is 4.39 Å². The summed E-state index contributed by atoms with van der Waals surface area (Å²) in [6.45, 7) is 1.84. The number of aryl methyl sites for hydroxylation is 1. The summed E-state index contributed by atoms with van der Waals surface area (Å²) in [5, 5.41) is -0.341. The van der Waals surface area contributed by atoms with Crippen LogP contribution in [0.3, 0.4) is 0 Å². The van der Waals surface area contributed by atoms with Crippen LogP contribution in [0, 0.1) is 12.7 Å². The molecule has 16 heavy (non-hydrogen) atoms. The Morgan fingerprint density at radius 1 is 1.25 bits per heavy atom. The van der Waals surface area contributed by atoms with Gasteiger partial charge in [0.2, 0.25) is 0 Å². The van der Waals surface area contributed by atoms with E-state index >= 15 is 0 Å². The molecule has 84 valence electrons. The van der Waals surface area contributed by atoms with Crippen LogP contribution in [-0.2, 0) is 0 Å². The SMILES string of the molecule is Cc1cc(F)cc(C(Cl)c2ccc(Cl)s2)c1. The Morgan fingerprint density at radius 2 is 2.00 bits per heavy atom. The second kappa shape index (κ2) is 4.74. The highest BCUT2D eigenvalue weighted by Gasteiger charge is 2.14. The molecule has 1 aromatic heterocycles. The summed E-state index contributed by atoms with van der Waals surface area (Å²) in [6.07, 6.45) is 0. The standard InChI is InChI=1S/C12H9Cl2FS/c1-7-4-8(6-9(15)5-7)12(14)10-2-3-11(13)16-10/h2-6,12H,1H3. The fourth-order valence-electron chi connectivity index (χ4n) is 1.54. The Labute approximate surface area is 108 Å². The third-order valence-corrected chi connectivity index (χ3v) is 4.11. The maximum Gasteiger partial charge on any atom is 0.123 e. The van der Waals surface area contributed by atoms with Gasteiger partial charge in [-0.15, -0.1) is 22.9 Å². The van der Waals surface area contributed by atoms with Gasteiger partial charge in [-0.05, 0) is 42.3 Å². The van der Waals surface area contributed by atoms with Crippen molar-refractivity contribution in [2.45, 2.75) is 12.3 Å². The summed E-state index contributed by atoms with van der Waals surface area (Å²) in [7, 11) is 0. The quantitative estimate of drug-likeness (QED) is 0.663. The van der Waals surface area contributed by atoms with E-state index in [1.807, 2.05) is 19.1 Å². The number of thiophene rings is 1. The van der Waals surface area contributed by atoms with Crippen LogP contribution in [0.1, 0.15) is 21.4 Å². The lowest BCUT2D eigenvalue weighted by molar-refractivity contribution is 0.624. The molecule has 0 saturated carbocycles. The lowest BCUT2D eigenvalue weighted by Gasteiger charge is -2.08. The first-order chi connectivity index (χ1) is 7.56. The van der Waals surface area contributed by atoms with Gasteiger partial charge >= 0.3 is 0 Å². The molecule has 0 aliphatic carbocycles. The monoisotopic (exact) mass is 274 g/mol. The highest BCUT2D eigenvalue weighted by molar-refractivity contribution is 7.16. The molecule has 0 aliphatic rings. The van der Waals surface area contributed by atoms with Gasteiger partial charge in [-0.25, -0.2) is 4.39 Å². The van der Waals surface area contributed by atoms with Crippen LogP contribution in [0.4, 0.5) is 4.39 Å². The zero-order chi connectivity index (χ0) is 11.7. The molecule has 1 heterocycles. The van der Waals surface area contributed by atoms with Crippen LogP contribution in [0.5, 0.6) is 0 Å². The number of halogens is 3. The van der Waals surface area contributed by atoms with Crippen LogP contribution in [0.25, 0.3) is 0 Å². The fourth-order valence-corrected chi connectivity index (χ4v) is 2.94. The third-order valence-electron chi connectivity index (χ3n) is 2.20. The minimum atomic E-state index is -0.341. The first-order valence-electron chi connectivity index (χ1n) is 4.72. The van der Waals surface area contributed by atoms with Crippen molar-refractivity contribution in [2.24, 2.45) is 0 Å². The average molecular weight is 275 g/mol. The Bertz CT molecular complexity index is 487. The van der Waals surface area contributed by atoms with E-state index < -0.39 is 0 Å². The summed E-state index contributed by atoms with van der Waals surface area (Å²) in [4.78, 5) is 0.927. The van der Waals surface area contributed by atoms with Gasteiger partial charge in [-0.3, -0.25) is 0 Å². The van der Waals surface area contributed by atoms with Crippen LogP contribution in [0.15, 0.2) is 30.3 Å². The molecule has 0 radical (unpaired) electrons.